The molecule has 0 atom stereocenters. The molecule has 0 aliphatic rings. The summed E-state index contributed by atoms with van der Waals surface area (Å²) in [5.74, 6) is -0.408. The molecule has 0 saturated heterocycles. The van der Waals surface area contributed by atoms with Crippen molar-refractivity contribution >= 4 is 5.97 Å². The topological polar surface area (TPSA) is 68.6 Å². The average molecular weight is 227 g/mol. The fourth-order valence-electron chi connectivity index (χ4n) is 0.756. The summed E-state index contributed by atoms with van der Waals surface area (Å²) in [5, 5.41) is 8.22. The Labute approximate surface area is 95.6 Å². The van der Waals surface area contributed by atoms with Crippen LogP contribution in [-0.2, 0) is 19.0 Å². The van der Waals surface area contributed by atoms with Gasteiger partial charge >= 0.3 is 5.97 Å². The molecule has 0 aliphatic heterocycles. The maximum Gasteiger partial charge on any atom is 0.333 e. The molecule has 0 amide bonds. The van der Waals surface area contributed by atoms with E-state index in [1.165, 1.54) is 0 Å². The van der Waals surface area contributed by atoms with Crippen molar-refractivity contribution in [3.05, 3.63) is 12.2 Å². The normalized spacial score (nSPS) is 9.50. The molecule has 0 radical (unpaired) electrons. The van der Waals surface area contributed by atoms with Crippen LogP contribution in [0.1, 0.15) is 13.3 Å². The van der Waals surface area contributed by atoms with E-state index in [1.54, 1.807) is 6.92 Å². The van der Waals surface area contributed by atoms with Crippen LogP contribution in [0.2, 0.25) is 0 Å². The molecule has 90 valence electrons. The summed E-state index contributed by atoms with van der Waals surface area (Å²) in [5.41, 5.74) is 0.375. The molecule has 0 rings (SSSR count). The first kappa shape index (κ1) is 14.6. The first-order valence-electron chi connectivity index (χ1n) is 5.03. The predicted octanol–water partition coefficient (Wildman–Crippen LogP) is 1.05. The molecule has 0 aromatic heterocycles. The molecule has 0 spiro atoms. The molecule has 0 saturated carbocycles. The summed E-state index contributed by atoms with van der Waals surface area (Å²) in [6.45, 7) is 6.87. The van der Waals surface area contributed by atoms with Crippen LogP contribution >= 0.6 is 0 Å². The standard InChI is InChI=1S/C11H17NO4/c1-10(2)11(13)16-9-8-15-7-6-14-5-3-4-12/h1,3,5-9H2,2H3. The summed E-state index contributed by atoms with van der Waals surface area (Å²) in [7, 11) is 0. The van der Waals surface area contributed by atoms with E-state index in [9.17, 15) is 4.79 Å². The van der Waals surface area contributed by atoms with Crippen molar-refractivity contribution in [2.45, 2.75) is 13.3 Å². The van der Waals surface area contributed by atoms with Crippen molar-refractivity contribution in [2.24, 2.45) is 0 Å². The Morgan fingerprint density at radius 3 is 2.31 bits per heavy atom. The molecule has 0 bridgehead atoms. The summed E-state index contributed by atoms with van der Waals surface area (Å²) < 4.78 is 15.0. The molecule has 5 heteroatoms. The first-order chi connectivity index (χ1) is 7.68. The van der Waals surface area contributed by atoms with E-state index in [4.69, 9.17) is 19.5 Å². The Morgan fingerprint density at radius 1 is 1.19 bits per heavy atom. The highest BCUT2D eigenvalue weighted by molar-refractivity contribution is 5.86. The minimum absolute atomic E-state index is 0.212. The summed E-state index contributed by atoms with van der Waals surface area (Å²) in [4.78, 5) is 10.9. The number of rotatable bonds is 9. The third-order valence-electron chi connectivity index (χ3n) is 1.54. The minimum Gasteiger partial charge on any atom is -0.460 e. The van der Waals surface area contributed by atoms with Gasteiger partial charge in [-0.1, -0.05) is 6.58 Å². The van der Waals surface area contributed by atoms with E-state index in [-0.39, 0.29) is 6.61 Å². The van der Waals surface area contributed by atoms with E-state index in [2.05, 4.69) is 6.58 Å². The van der Waals surface area contributed by atoms with Gasteiger partial charge in [0.25, 0.3) is 0 Å². The zero-order chi connectivity index (χ0) is 12.2. The number of carbonyl (C=O) groups is 1. The molecule has 0 N–H and O–H groups in total. The van der Waals surface area contributed by atoms with Gasteiger partial charge in [-0.25, -0.2) is 4.79 Å². The maximum atomic E-state index is 10.9. The number of hydrogen-bond acceptors (Lipinski definition) is 5. The van der Waals surface area contributed by atoms with Gasteiger partial charge in [0.15, 0.2) is 0 Å². The lowest BCUT2D eigenvalue weighted by molar-refractivity contribution is -0.140. The van der Waals surface area contributed by atoms with E-state index in [1.807, 2.05) is 6.07 Å². The SMILES string of the molecule is C=C(C)C(=O)OCCOCCOCCC#N. The van der Waals surface area contributed by atoms with Crippen molar-refractivity contribution in [1.29, 1.82) is 5.26 Å². The fourth-order valence-corrected chi connectivity index (χ4v) is 0.756. The van der Waals surface area contributed by atoms with Crippen molar-refractivity contribution < 1.29 is 19.0 Å². The van der Waals surface area contributed by atoms with Gasteiger partial charge in [-0.3, -0.25) is 0 Å². The van der Waals surface area contributed by atoms with Crippen molar-refractivity contribution in [2.75, 3.05) is 33.0 Å². The van der Waals surface area contributed by atoms with Crippen LogP contribution in [0.25, 0.3) is 0 Å². The lowest BCUT2D eigenvalue weighted by Gasteiger charge is -2.05. The third-order valence-corrected chi connectivity index (χ3v) is 1.54. The second-order valence-electron chi connectivity index (χ2n) is 3.05. The van der Waals surface area contributed by atoms with Crippen LogP contribution in [0, 0.1) is 11.3 Å². The molecule has 0 aromatic rings. The van der Waals surface area contributed by atoms with Crippen LogP contribution in [0.15, 0.2) is 12.2 Å². The van der Waals surface area contributed by atoms with E-state index < -0.39 is 5.97 Å². The molecule has 0 unspecified atom stereocenters. The van der Waals surface area contributed by atoms with Gasteiger partial charge in [0.1, 0.15) is 6.61 Å². The first-order valence-corrected chi connectivity index (χ1v) is 5.03. The van der Waals surface area contributed by atoms with Crippen molar-refractivity contribution in [3.63, 3.8) is 0 Å². The van der Waals surface area contributed by atoms with Crippen LogP contribution in [0.4, 0.5) is 0 Å². The summed E-state index contributed by atoms with van der Waals surface area (Å²) in [6, 6.07) is 1.97. The maximum absolute atomic E-state index is 10.9. The Hall–Kier alpha value is -1.38. The van der Waals surface area contributed by atoms with Gasteiger partial charge in [0.2, 0.25) is 0 Å². The highest BCUT2D eigenvalue weighted by Crippen LogP contribution is 1.91. The smallest absolute Gasteiger partial charge is 0.333 e. The Kier molecular flexibility index (Phi) is 9.27. The largest absolute Gasteiger partial charge is 0.460 e. The quantitative estimate of drug-likeness (QED) is 0.334. The van der Waals surface area contributed by atoms with E-state index in [0.717, 1.165) is 0 Å². The molecule has 16 heavy (non-hydrogen) atoms. The van der Waals surface area contributed by atoms with Gasteiger partial charge in [0.05, 0.1) is 38.9 Å². The second kappa shape index (κ2) is 10.1. The number of nitrogens with zero attached hydrogens (tertiary/aromatic N) is 1. The highest BCUT2D eigenvalue weighted by Gasteiger charge is 2.01. The Bertz CT molecular complexity index is 257. The van der Waals surface area contributed by atoms with Gasteiger partial charge in [-0.2, -0.15) is 5.26 Å². The highest BCUT2D eigenvalue weighted by atomic mass is 16.6. The molecular weight excluding hydrogens is 210 g/mol. The Balaban J connectivity index is 3.13. The lowest BCUT2D eigenvalue weighted by atomic mass is 10.4. The average Bonchev–Trinajstić information content (AvgIpc) is 2.26. The van der Waals surface area contributed by atoms with Gasteiger partial charge in [-0.15, -0.1) is 0 Å². The Morgan fingerprint density at radius 2 is 1.75 bits per heavy atom. The summed E-state index contributed by atoms with van der Waals surface area (Å²) in [6.07, 6.45) is 0.385. The molecule has 0 aromatic carbocycles. The monoisotopic (exact) mass is 227 g/mol. The van der Waals surface area contributed by atoms with E-state index >= 15 is 0 Å². The van der Waals surface area contributed by atoms with Crippen molar-refractivity contribution in [3.8, 4) is 6.07 Å². The van der Waals surface area contributed by atoms with Crippen molar-refractivity contribution in [1.82, 2.24) is 0 Å². The zero-order valence-electron chi connectivity index (χ0n) is 9.53. The van der Waals surface area contributed by atoms with Gasteiger partial charge in [-0.05, 0) is 6.92 Å². The van der Waals surface area contributed by atoms with Crippen LogP contribution < -0.4 is 0 Å². The van der Waals surface area contributed by atoms with Crippen LogP contribution in [0.5, 0.6) is 0 Å². The number of hydrogen-bond donors (Lipinski definition) is 0. The molecule has 5 nitrogen and oxygen atoms in total. The van der Waals surface area contributed by atoms with Crippen LogP contribution in [-0.4, -0.2) is 39.0 Å². The predicted molar refractivity (Wildman–Crippen MR) is 57.6 cm³/mol. The van der Waals surface area contributed by atoms with Gasteiger partial charge < -0.3 is 14.2 Å². The molecular formula is C11H17NO4. The number of esters is 1. The molecule has 0 aliphatic carbocycles. The minimum atomic E-state index is -0.408. The fraction of sp³-hybridized carbons (Fsp3) is 0.636. The van der Waals surface area contributed by atoms with Crippen LogP contribution in [0.3, 0.4) is 0 Å². The number of carbonyl (C=O) groups excluding carboxylic acids is 1. The third kappa shape index (κ3) is 9.19. The summed E-state index contributed by atoms with van der Waals surface area (Å²) >= 11 is 0. The lowest BCUT2D eigenvalue weighted by Crippen LogP contribution is -2.13. The second-order valence-corrected chi connectivity index (χ2v) is 3.05. The van der Waals surface area contributed by atoms with Gasteiger partial charge in [0, 0.05) is 5.57 Å². The number of ether oxygens (including phenoxy) is 3. The molecule has 0 fully saturated rings. The zero-order valence-corrected chi connectivity index (χ0v) is 9.53. The number of nitriles is 1. The van der Waals surface area contributed by atoms with E-state index in [0.29, 0.717) is 38.4 Å². The molecule has 0 heterocycles.